The molecule has 0 unspecified atom stereocenters. The fourth-order valence-electron chi connectivity index (χ4n) is 2.07. The minimum atomic E-state index is 0.789. The summed E-state index contributed by atoms with van der Waals surface area (Å²) in [5.74, 6) is 0.789. The molecule has 2 heteroatoms. The molecule has 19 heavy (non-hydrogen) atoms. The van der Waals surface area contributed by atoms with Gasteiger partial charge in [-0.1, -0.05) is 54.6 Å². The molecule has 0 amide bonds. The molecule has 1 heterocycles. The molecule has 0 atom stereocenters. The van der Waals surface area contributed by atoms with Gasteiger partial charge < -0.3 is 0 Å². The second kappa shape index (κ2) is 5.64. The summed E-state index contributed by atoms with van der Waals surface area (Å²) in [6.45, 7) is 0. The molecule has 3 aromatic rings. The largest absolute Gasteiger partial charge is 0.175 e. The number of hydrogen-bond acceptors (Lipinski definition) is 2. The van der Waals surface area contributed by atoms with Crippen LogP contribution in [0.15, 0.2) is 66.0 Å². The second-order valence-electron chi connectivity index (χ2n) is 4.41. The van der Waals surface area contributed by atoms with Crippen LogP contribution in [0.3, 0.4) is 0 Å². The fourth-order valence-corrected chi connectivity index (χ4v) is 3.02. The van der Waals surface area contributed by atoms with E-state index in [9.17, 15) is 0 Å². The zero-order valence-electron chi connectivity index (χ0n) is 10.4. The molecule has 2 aromatic carbocycles. The Balaban J connectivity index is 1.89. The normalized spacial score (nSPS) is 10.6. The Morgan fingerprint density at radius 2 is 1.32 bits per heavy atom. The molecular weight excluding hydrogens is 268 g/mol. The van der Waals surface area contributed by atoms with E-state index in [1.54, 1.807) is 11.3 Å². The van der Waals surface area contributed by atoms with Gasteiger partial charge >= 0.3 is 0 Å². The van der Waals surface area contributed by atoms with Crippen molar-refractivity contribution in [1.82, 2.24) is 0 Å². The zero-order valence-corrected chi connectivity index (χ0v) is 12.1. The molecule has 0 radical (unpaired) electrons. The highest BCUT2D eigenvalue weighted by atomic mass is 32.1. The van der Waals surface area contributed by atoms with Crippen LogP contribution in [0.5, 0.6) is 0 Å². The third-order valence-corrected chi connectivity index (χ3v) is 4.44. The van der Waals surface area contributed by atoms with Gasteiger partial charge in [-0.15, -0.1) is 11.3 Å². The van der Waals surface area contributed by atoms with Crippen LogP contribution in [0.25, 0.3) is 21.6 Å². The zero-order chi connectivity index (χ0) is 13.1. The predicted molar refractivity (Wildman–Crippen MR) is 87.9 cm³/mol. The molecule has 94 valence electrons. The number of benzene rings is 2. The number of hydrogen-bond donors (Lipinski definition) is 1. The van der Waals surface area contributed by atoms with Gasteiger partial charge in [0.25, 0.3) is 0 Å². The predicted octanol–water partition coefficient (Wildman–Crippen LogP) is 5.51. The Bertz CT molecular complexity index is 635. The van der Waals surface area contributed by atoms with E-state index >= 15 is 0 Å². The standard InChI is InChI=1S/C17H14S2/c18-12-13-3-5-14(6-4-13)15-7-9-16(10-8-15)17-2-1-11-19-17/h1-11,18H,12H2. The van der Waals surface area contributed by atoms with Crippen molar-refractivity contribution in [3.05, 3.63) is 71.6 Å². The molecule has 0 aliphatic rings. The molecule has 3 rings (SSSR count). The lowest BCUT2D eigenvalue weighted by Gasteiger charge is -2.04. The average Bonchev–Trinajstić information content (AvgIpc) is 3.02. The maximum atomic E-state index is 4.28. The average molecular weight is 282 g/mol. The third kappa shape index (κ3) is 2.75. The highest BCUT2D eigenvalue weighted by Crippen LogP contribution is 2.27. The van der Waals surface area contributed by atoms with Crippen molar-refractivity contribution in [2.45, 2.75) is 5.75 Å². The van der Waals surface area contributed by atoms with Crippen molar-refractivity contribution in [3.63, 3.8) is 0 Å². The van der Waals surface area contributed by atoms with Gasteiger partial charge in [0.1, 0.15) is 0 Å². The fraction of sp³-hybridized carbons (Fsp3) is 0.0588. The van der Waals surface area contributed by atoms with E-state index in [-0.39, 0.29) is 0 Å². The summed E-state index contributed by atoms with van der Waals surface area (Å²) < 4.78 is 0. The first kappa shape index (κ1) is 12.5. The Kier molecular flexibility index (Phi) is 3.72. The van der Waals surface area contributed by atoms with Crippen molar-refractivity contribution < 1.29 is 0 Å². The molecular formula is C17H14S2. The molecule has 0 saturated heterocycles. The molecule has 0 bridgehead atoms. The first-order chi connectivity index (χ1) is 9.36. The van der Waals surface area contributed by atoms with Gasteiger partial charge in [0.15, 0.2) is 0 Å². The highest BCUT2D eigenvalue weighted by molar-refractivity contribution is 7.79. The first-order valence-corrected chi connectivity index (χ1v) is 7.72. The van der Waals surface area contributed by atoms with Crippen LogP contribution in [0.4, 0.5) is 0 Å². The molecule has 0 aliphatic heterocycles. The van der Waals surface area contributed by atoms with Crippen molar-refractivity contribution in [2.24, 2.45) is 0 Å². The molecule has 1 aromatic heterocycles. The summed E-state index contributed by atoms with van der Waals surface area (Å²) in [6.07, 6.45) is 0. The minimum absolute atomic E-state index is 0.789. The first-order valence-electron chi connectivity index (χ1n) is 6.21. The molecule has 0 N–H and O–H groups in total. The smallest absolute Gasteiger partial charge is 0.0342 e. The van der Waals surface area contributed by atoms with Gasteiger partial charge in [-0.05, 0) is 33.7 Å². The molecule has 0 saturated carbocycles. The lowest BCUT2D eigenvalue weighted by atomic mass is 10.0. The van der Waals surface area contributed by atoms with Crippen LogP contribution in [0.1, 0.15) is 5.56 Å². The maximum Gasteiger partial charge on any atom is 0.0342 e. The molecule has 0 aliphatic carbocycles. The van der Waals surface area contributed by atoms with E-state index in [1.807, 2.05) is 0 Å². The third-order valence-electron chi connectivity index (χ3n) is 3.16. The second-order valence-corrected chi connectivity index (χ2v) is 5.67. The van der Waals surface area contributed by atoms with Crippen LogP contribution in [-0.4, -0.2) is 0 Å². The molecule has 0 fully saturated rings. The van der Waals surface area contributed by atoms with Gasteiger partial charge in [-0.25, -0.2) is 0 Å². The van der Waals surface area contributed by atoms with Gasteiger partial charge in [-0.3, -0.25) is 0 Å². The number of thiol groups is 1. The van der Waals surface area contributed by atoms with Gasteiger partial charge in [0.2, 0.25) is 0 Å². The van der Waals surface area contributed by atoms with Crippen molar-refractivity contribution >= 4 is 24.0 Å². The van der Waals surface area contributed by atoms with E-state index in [4.69, 9.17) is 0 Å². The summed E-state index contributed by atoms with van der Waals surface area (Å²) in [7, 11) is 0. The van der Waals surface area contributed by atoms with Crippen LogP contribution in [0.2, 0.25) is 0 Å². The summed E-state index contributed by atoms with van der Waals surface area (Å²) in [5.41, 5.74) is 5.04. The van der Waals surface area contributed by atoms with E-state index in [0.717, 1.165) is 5.75 Å². The lowest BCUT2D eigenvalue weighted by Crippen LogP contribution is -1.81. The van der Waals surface area contributed by atoms with Crippen LogP contribution in [0, 0.1) is 0 Å². The van der Waals surface area contributed by atoms with Crippen LogP contribution >= 0.6 is 24.0 Å². The van der Waals surface area contributed by atoms with Gasteiger partial charge in [0.05, 0.1) is 0 Å². The van der Waals surface area contributed by atoms with E-state index in [0.29, 0.717) is 0 Å². The summed E-state index contributed by atoms with van der Waals surface area (Å²) in [5, 5.41) is 2.11. The van der Waals surface area contributed by atoms with E-state index in [2.05, 4.69) is 78.7 Å². The van der Waals surface area contributed by atoms with E-state index in [1.165, 1.54) is 27.1 Å². The molecule has 0 spiro atoms. The Morgan fingerprint density at radius 1 is 0.737 bits per heavy atom. The van der Waals surface area contributed by atoms with Crippen molar-refractivity contribution in [2.75, 3.05) is 0 Å². The van der Waals surface area contributed by atoms with Crippen molar-refractivity contribution in [1.29, 1.82) is 0 Å². The summed E-state index contributed by atoms with van der Waals surface area (Å²) in [6, 6.07) is 21.6. The van der Waals surface area contributed by atoms with Gasteiger partial charge in [0, 0.05) is 10.6 Å². The monoisotopic (exact) mass is 282 g/mol. The Hall–Kier alpha value is -1.51. The topological polar surface area (TPSA) is 0 Å². The number of rotatable bonds is 3. The quantitative estimate of drug-likeness (QED) is 0.601. The maximum absolute atomic E-state index is 4.28. The molecule has 0 nitrogen and oxygen atoms in total. The SMILES string of the molecule is SCc1ccc(-c2ccc(-c3cccs3)cc2)cc1. The van der Waals surface area contributed by atoms with Crippen LogP contribution < -0.4 is 0 Å². The van der Waals surface area contributed by atoms with Gasteiger partial charge in [-0.2, -0.15) is 12.6 Å². The lowest BCUT2D eigenvalue weighted by molar-refractivity contribution is 1.43. The highest BCUT2D eigenvalue weighted by Gasteiger charge is 2.01. The summed E-state index contributed by atoms with van der Waals surface area (Å²) >= 11 is 6.05. The summed E-state index contributed by atoms with van der Waals surface area (Å²) in [4.78, 5) is 1.32. The van der Waals surface area contributed by atoms with Crippen molar-refractivity contribution in [3.8, 4) is 21.6 Å². The van der Waals surface area contributed by atoms with E-state index < -0.39 is 0 Å². The number of thiophene rings is 1. The van der Waals surface area contributed by atoms with Crippen LogP contribution in [-0.2, 0) is 5.75 Å². The minimum Gasteiger partial charge on any atom is -0.175 e. The Labute approximate surface area is 123 Å². The Morgan fingerprint density at radius 3 is 1.84 bits per heavy atom.